The Balaban J connectivity index is 1.27. The third-order valence-electron chi connectivity index (χ3n) is 5.12. The van der Waals surface area contributed by atoms with Crippen molar-refractivity contribution >= 4 is 27.6 Å². The van der Waals surface area contributed by atoms with Crippen LogP contribution in [0.3, 0.4) is 0 Å². The molecule has 0 amide bonds. The van der Waals surface area contributed by atoms with E-state index in [9.17, 15) is 13.2 Å². The van der Waals surface area contributed by atoms with Gasteiger partial charge in [0.15, 0.2) is 17.3 Å². The molecule has 0 N–H and O–H groups in total. The number of ether oxygens (including phenoxy) is 3. The predicted molar refractivity (Wildman–Crippen MR) is 117 cm³/mol. The number of carbonyl (C=O) groups excluding carboxylic acids is 1. The van der Waals surface area contributed by atoms with Gasteiger partial charge in [-0.05, 0) is 36.4 Å². The van der Waals surface area contributed by atoms with Crippen molar-refractivity contribution < 1.29 is 31.8 Å². The van der Waals surface area contributed by atoms with E-state index >= 15 is 0 Å². The molecule has 2 aliphatic heterocycles. The molecular weight excluding hydrogens is 470 g/mol. The van der Waals surface area contributed by atoms with Crippen LogP contribution in [0.5, 0.6) is 11.5 Å². The van der Waals surface area contributed by atoms with Crippen LogP contribution in [0, 0.1) is 0 Å². The Morgan fingerprint density at radius 2 is 1.85 bits per heavy atom. The lowest BCUT2D eigenvalue weighted by Crippen LogP contribution is -2.40. The number of nitrogens with zero attached hydrogens (tertiary/aromatic N) is 3. The molecule has 0 saturated carbocycles. The number of sulfonamides is 1. The van der Waals surface area contributed by atoms with Crippen molar-refractivity contribution in [2.24, 2.45) is 0 Å². The van der Waals surface area contributed by atoms with Crippen LogP contribution in [0.4, 0.5) is 0 Å². The summed E-state index contributed by atoms with van der Waals surface area (Å²) in [6.45, 7) is 1.50. The molecule has 33 heavy (non-hydrogen) atoms. The number of ketones is 1. The van der Waals surface area contributed by atoms with Gasteiger partial charge in [0.25, 0.3) is 5.22 Å². The molecule has 0 atom stereocenters. The zero-order chi connectivity index (χ0) is 22.8. The summed E-state index contributed by atoms with van der Waals surface area (Å²) in [6.07, 6.45) is 0. The molecule has 0 bridgehead atoms. The van der Waals surface area contributed by atoms with Crippen LogP contribution in [0.25, 0.3) is 11.5 Å². The molecule has 10 nitrogen and oxygen atoms in total. The highest BCUT2D eigenvalue weighted by Crippen LogP contribution is 2.33. The van der Waals surface area contributed by atoms with Gasteiger partial charge in [0.05, 0.1) is 23.9 Å². The standard InChI is InChI=1S/C21H19N3O7S2/c25-17(14-4-5-18-19(11-14)30-13-29-18)12-32-21-23-22-20(31-21)15-2-1-3-16(10-15)33(26,27)24-6-8-28-9-7-24/h1-5,10-11H,6-9,12-13H2. The summed E-state index contributed by atoms with van der Waals surface area (Å²) < 4.78 is 48.7. The molecule has 1 aromatic heterocycles. The molecule has 2 aliphatic rings. The molecule has 0 aliphatic carbocycles. The highest BCUT2D eigenvalue weighted by molar-refractivity contribution is 7.99. The number of thioether (sulfide) groups is 1. The normalized spacial score (nSPS) is 16.1. The highest BCUT2D eigenvalue weighted by Gasteiger charge is 2.27. The number of hydrogen-bond acceptors (Lipinski definition) is 10. The lowest BCUT2D eigenvalue weighted by molar-refractivity contribution is 0.0730. The fraction of sp³-hybridized carbons (Fsp3) is 0.286. The van der Waals surface area contributed by atoms with Crippen molar-refractivity contribution in [3.05, 3.63) is 48.0 Å². The third kappa shape index (κ3) is 4.60. The number of rotatable bonds is 7. The van der Waals surface area contributed by atoms with Crippen molar-refractivity contribution in [3.63, 3.8) is 0 Å². The quantitative estimate of drug-likeness (QED) is 0.361. The number of hydrogen-bond donors (Lipinski definition) is 0. The summed E-state index contributed by atoms with van der Waals surface area (Å²) in [6, 6.07) is 11.4. The molecule has 3 aromatic rings. The van der Waals surface area contributed by atoms with E-state index in [1.54, 1.807) is 30.3 Å². The summed E-state index contributed by atoms with van der Waals surface area (Å²) in [5, 5.41) is 8.19. The maximum Gasteiger partial charge on any atom is 0.277 e. The Kier molecular flexibility index (Phi) is 6.06. The molecule has 0 radical (unpaired) electrons. The fourth-order valence-electron chi connectivity index (χ4n) is 3.39. The Morgan fingerprint density at radius 3 is 2.70 bits per heavy atom. The van der Waals surface area contributed by atoms with Gasteiger partial charge in [-0.25, -0.2) is 8.42 Å². The molecule has 0 unspecified atom stereocenters. The van der Waals surface area contributed by atoms with Crippen molar-refractivity contribution in [1.29, 1.82) is 0 Å². The second-order valence-electron chi connectivity index (χ2n) is 7.20. The Labute approximate surface area is 193 Å². The van der Waals surface area contributed by atoms with Gasteiger partial charge < -0.3 is 18.6 Å². The number of morpholine rings is 1. The molecule has 1 fully saturated rings. The van der Waals surface area contributed by atoms with E-state index in [2.05, 4.69) is 10.2 Å². The maximum atomic E-state index is 12.9. The SMILES string of the molecule is O=C(CSc1nnc(-c2cccc(S(=O)(=O)N3CCOCC3)c2)o1)c1ccc2c(c1)OCO2. The number of fused-ring (bicyclic) bond motifs is 1. The fourth-order valence-corrected chi connectivity index (χ4v) is 5.50. The predicted octanol–water partition coefficient (Wildman–Crippen LogP) is 2.46. The van der Waals surface area contributed by atoms with Gasteiger partial charge in [-0.2, -0.15) is 4.31 Å². The summed E-state index contributed by atoms with van der Waals surface area (Å²) in [7, 11) is -3.65. The molecule has 172 valence electrons. The van der Waals surface area contributed by atoms with E-state index in [1.165, 1.54) is 16.4 Å². The molecule has 0 spiro atoms. The molecule has 12 heteroatoms. The topological polar surface area (TPSA) is 121 Å². The van der Waals surface area contributed by atoms with Crippen LogP contribution in [-0.4, -0.2) is 67.6 Å². The van der Waals surface area contributed by atoms with E-state index in [0.29, 0.717) is 48.9 Å². The van der Waals surface area contributed by atoms with Gasteiger partial charge in [-0.15, -0.1) is 10.2 Å². The van der Waals surface area contributed by atoms with E-state index < -0.39 is 10.0 Å². The first-order valence-corrected chi connectivity index (χ1v) is 12.5. The summed E-state index contributed by atoms with van der Waals surface area (Å²) in [5.74, 6) is 1.28. The Bertz CT molecular complexity index is 1290. The lowest BCUT2D eigenvalue weighted by atomic mass is 10.1. The number of Topliss-reactive ketones (excluding diaryl/α,β-unsaturated/α-hetero) is 1. The molecule has 3 heterocycles. The zero-order valence-corrected chi connectivity index (χ0v) is 18.9. The molecule has 2 aromatic carbocycles. The second-order valence-corrected chi connectivity index (χ2v) is 10.1. The number of benzene rings is 2. The van der Waals surface area contributed by atoms with Crippen molar-refractivity contribution in [1.82, 2.24) is 14.5 Å². The van der Waals surface area contributed by atoms with E-state index in [-0.39, 0.29) is 34.3 Å². The molecule has 5 rings (SSSR count). The van der Waals surface area contributed by atoms with Gasteiger partial charge in [0.2, 0.25) is 22.7 Å². The van der Waals surface area contributed by atoms with Crippen molar-refractivity contribution in [2.45, 2.75) is 10.1 Å². The minimum absolute atomic E-state index is 0.0900. The van der Waals surface area contributed by atoms with Crippen LogP contribution in [-0.2, 0) is 14.8 Å². The van der Waals surface area contributed by atoms with Gasteiger partial charge in [-0.3, -0.25) is 4.79 Å². The second kappa shape index (κ2) is 9.14. The Hall–Kier alpha value is -2.93. The van der Waals surface area contributed by atoms with E-state index in [1.807, 2.05) is 0 Å². The van der Waals surface area contributed by atoms with Crippen LogP contribution >= 0.6 is 11.8 Å². The first kappa shape index (κ1) is 21.9. The molecule has 1 saturated heterocycles. The maximum absolute atomic E-state index is 12.9. The van der Waals surface area contributed by atoms with Gasteiger partial charge in [0.1, 0.15) is 0 Å². The average Bonchev–Trinajstić information content (AvgIpc) is 3.52. The summed E-state index contributed by atoms with van der Waals surface area (Å²) in [5.41, 5.74) is 0.971. The lowest BCUT2D eigenvalue weighted by Gasteiger charge is -2.26. The van der Waals surface area contributed by atoms with E-state index in [4.69, 9.17) is 18.6 Å². The summed E-state index contributed by atoms with van der Waals surface area (Å²) in [4.78, 5) is 12.7. The monoisotopic (exact) mass is 489 g/mol. The average molecular weight is 490 g/mol. The van der Waals surface area contributed by atoms with Crippen LogP contribution in [0.15, 0.2) is 57.0 Å². The molecular formula is C21H19N3O7S2. The first-order valence-electron chi connectivity index (χ1n) is 10.1. The van der Waals surface area contributed by atoms with Crippen LogP contribution in [0.1, 0.15) is 10.4 Å². The van der Waals surface area contributed by atoms with Crippen molar-refractivity contribution in [3.8, 4) is 23.0 Å². The Morgan fingerprint density at radius 1 is 1.03 bits per heavy atom. The number of aromatic nitrogens is 2. The van der Waals surface area contributed by atoms with Gasteiger partial charge in [0, 0.05) is 24.2 Å². The minimum Gasteiger partial charge on any atom is -0.454 e. The summed E-state index contributed by atoms with van der Waals surface area (Å²) >= 11 is 1.10. The minimum atomic E-state index is -3.65. The smallest absolute Gasteiger partial charge is 0.277 e. The first-order chi connectivity index (χ1) is 16.0. The van der Waals surface area contributed by atoms with Crippen LogP contribution < -0.4 is 9.47 Å². The largest absolute Gasteiger partial charge is 0.454 e. The highest BCUT2D eigenvalue weighted by atomic mass is 32.2. The van der Waals surface area contributed by atoms with Gasteiger partial charge >= 0.3 is 0 Å². The third-order valence-corrected chi connectivity index (χ3v) is 7.83. The van der Waals surface area contributed by atoms with E-state index in [0.717, 1.165) is 11.8 Å². The van der Waals surface area contributed by atoms with Crippen LogP contribution in [0.2, 0.25) is 0 Å². The zero-order valence-electron chi connectivity index (χ0n) is 17.3. The van der Waals surface area contributed by atoms with Gasteiger partial charge in [-0.1, -0.05) is 17.8 Å². The van der Waals surface area contributed by atoms with Crippen molar-refractivity contribution in [2.75, 3.05) is 38.8 Å². The number of carbonyl (C=O) groups is 1.